The Balaban J connectivity index is 1.75. The first kappa shape index (κ1) is 28.4. The molecule has 13 heteroatoms. The Morgan fingerprint density at radius 1 is 1.15 bits per heavy atom. The van der Waals surface area contributed by atoms with Gasteiger partial charge in [0.05, 0.1) is 11.5 Å². The largest absolute Gasteiger partial charge is 0.526 e. The molecule has 0 bridgehead atoms. The van der Waals surface area contributed by atoms with E-state index in [1.807, 2.05) is 0 Å². The first-order valence-corrected chi connectivity index (χ1v) is 13.5. The molecular weight excluding hydrogens is 541 g/mol. The lowest BCUT2D eigenvalue weighted by Crippen LogP contribution is -2.30. The lowest BCUT2D eigenvalue weighted by atomic mass is 9.93. The van der Waals surface area contributed by atoms with Crippen LogP contribution in [-0.2, 0) is 10.7 Å². The van der Waals surface area contributed by atoms with E-state index in [0.717, 1.165) is 37.1 Å². The van der Waals surface area contributed by atoms with E-state index in [4.69, 9.17) is 9.79 Å². The minimum atomic E-state index is -4.90. The first-order valence-electron chi connectivity index (χ1n) is 11.9. The second kappa shape index (κ2) is 11.3. The number of Topliss-reactive ketones (excluding diaryl/α,β-unsaturated/α-hetero) is 1. The smallest absolute Gasteiger partial charge is 0.386 e. The number of hydrogen-bond donors (Lipinski definition) is 3. The zero-order chi connectivity index (χ0) is 28.4. The number of phosphoric ester groups is 1. The fourth-order valence-electron chi connectivity index (χ4n) is 4.00. The van der Waals surface area contributed by atoms with Gasteiger partial charge >= 0.3 is 14.0 Å². The van der Waals surface area contributed by atoms with Gasteiger partial charge in [0, 0.05) is 17.3 Å². The van der Waals surface area contributed by atoms with E-state index < -0.39 is 43.0 Å². The predicted octanol–water partition coefficient (Wildman–Crippen LogP) is 6.64. The van der Waals surface area contributed by atoms with Gasteiger partial charge in [-0.1, -0.05) is 25.1 Å². The molecule has 0 spiro atoms. The number of nitrogens with one attached hydrogen (secondary N) is 1. The van der Waals surface area contributed by atoms with E-state index in [1.165, 1.54) is 36.4 Å². The molecule has 0 aliphatic heterocycles. The Hall–Kier alpha value is -3.60. The summed E-state index contributed by atoms with van der Waals surface area (Å²) in [4.78, 5) is 40.1. The van der Waals surface area contributed by atoms with E-state index in [2.05, 4.69) is 19.8 Å². The fraction of sp³-hybridized carbons (Fsp3) is 0.269. The summed E-state index contributed by atoms with van der Waals surface area (Å²) in [6.45, 7) is 1.69. The predicted molar refractivity (Wildman–Crippen MR) is 136 cm³/mol. The molecule has 4 rings (SSSR count). The molecule has 2 aromatic carbocycles. The van der Waals surface area contributed by atoms with Gasteiger partial charge in [-0.3, -0.25) is 14.6 Å². The van der Waals surface area contributed by atoms with Gasteiger partial charge in [-0.15, -0.1) is 0 Å². The van der Waals surface area contributed by atoms with Crippen molar-refractivity contribution >= 4 is 30.9 Å². The molecule has 1 unspecified atom stereocenters. The summed E-state index contributed by atoms with van der Waals surface area (Å²) in [5, 5.41) is 3.10. The molecule has 1 fully saturated rings. The zero-order valence-corrected chi connectivity index (χ0v) is 21.4. The summed E-state index contributed by atoms with van der Waals surface area (Å²) in [7, 11) is -4.90. The maximum absolute atomic E-state index is 14.0. The molecule has 1 aliphatic rings. The number of aliphatic imine (C=N–C) groups is 1. The highest BCUT2D eigenvalue weighted by Crippen LogP contribution is 2.44. The third-order valence-electron chi connectivity index (χ3n) is 6.00. The highest BCUT2D eigenvalue weighted by molar-refractivity contribution is 7.46. The number of phosphoric acid groups is 1. The molecule has 3 aromatic rings. The Morgan fingerprint density at radius 2 is 1.85 bits per heavy atom. The van der Waals surface area contributed by atoms with Crippen LogP contribution in [0, 0.1) is 11.7 Å². The van der Waals surface area contributed by atoms with Crippen LogP contribution in [0.1, 0.15) is 53.6 Å². The molecule has 8 nitrogen and oxygen atoms in total. The maximum atomic E-state index is 14.0. The molecule has 39 heavy (non-hydrogen) atoms. The number of hydrogen-bond acceptors (Lipinski definition) is 5. The van der Waals surface area contributed by atoms with Crippen LogP contribution >= 0.6 is 7.82 Å². The minimum Gasteiger partial charge on any atom is -0.386 e. The molecule has 1 heterocycles. The average Bonchev–Trinajstić information content (AvgIpc) is 3.69. The molecule has 3 N–H and O–H groups in total. The van der Waals surface area contributed by atoms with Gasteiger partial charge in [-0.25, -0.2) is 13.9 Å². The summed E-state index contributed by atoms with van der Waals surface area (Å²) in [6.07, 6.45) is -2.66. The van der Waals surface area contributed by atoms with Crippen molar-refractivity contribution in [2.75, 3.05) is 5.32 Å². The zero-order valence-electron chi connectivity index (χ0n) is 20.5. The number of alkyl halides is 3. The topological polar surface area (TPSA) is 121 Å². The Kier molecular flexibility index (Phi) is 8.20. The second-order valence-corrected chi connectivity index (χ2v) is 10.1. The van der Waals surface area contributed by atoms with Crippen molar-refractivity contribution in [3.8, 4) is 5.88 Å². The molecular formula is C26H24F4N3O5P. The lowest BCUT2D eigenvalue weighted by Gasteiger charge is -2.21. The molecule has 0 amide bonds. The summed E-state index contributed by atoms with van der Waals surface area (Å²) >= 11 is 0. The number of aromatic nitrogens is 1. The van der Waals surface area contributed by atoms with Crippen LogP contribution in [0.15, 0.2) is 65.7 Å². The molecule has 206 valence electrons. The van der Waals surface area contributed by atoms with Crippen LogP contribution in [0.4, 0.5) is 29.1 Å². The van der Waals surface area contributed by atoms with Crippen LogP contribution in [-0.4, -0.2) is 26.4 Å². The number of rotatable bonds is 9. The second-order valence-electron chi connectivity index (χ2n) is 8.94. The van der Waals surface area contributed by atoms with Gasteiger partial charge in [0.25, 0.3) is 0 Å². The van der Waals surface area contributed by atoms with Crippen molar-refractivity contribution in [1.82, 2.24) is 4.98 Å². The highest BCUT2D eigenvalue weighted by atomic mass is 31.2. The van der Waals surface area contributed by atoms with Crippen LogP contribution in [0.25, 0.3) is 0 Å². The maximum Gasteiger partial charge on any atom is 0.526 e. The van der Waals surface area contributed by atoms with Crippen molar-refractivity contribution in [3.63, 3.8) is 0 Å². The van der Waals surface area contributed by atoms with Crippen molar-refractivity contribution < 1.29 is 41.2 Å². The summed E-state index contributed by atoms with van der Waals surface area (Å²) in [5.74, 6) is -2.21. The van der Waals surface area contributed by atoms with Crippen LogP contribution in [0.3, 0.4) is 0 Å². The van der Waals surface area contributed by atoms with Crippen molar-refractivity contribution in [1.29, 1.82) is 0 Å². The van der Waals surface area contributed by atoms with Crippen LogP contribution < -0.4 is 9.84 Å². The summed E-state index contributed by atoms with van der Waals surface area (Å²) in [5.41, 5.74) is 0.313. The molecule has 0 radical (unpaired) electrons. The average molecular weight is 565 g/mol. The van der Waals surface area contributed by atoms with E-state index in [9.17, 15) is 26.9 Å². The first-order chi connectivity index (χ1) is 18.3. The van der Waals surface area contributed by atoms with E-state index >= 15 is 0 Å². The Labute approximate surface area is 221 Å². The number of pyridine rings is 1. The van der Waals surface area contributed by atoms with Gasteiger partial charge in [0.1, 0.15) is 11.7 Å². The van der Waals surface area contributed by atoms with E-state index in [0.29, 0.717) is 11.3 Å². The van der Waals surface area contributed by atoms with Crippen LogP contribution in [0.5, 0.6) is 5.88 Å². The number of nitrogens with zero attached hydrogens (tertiary/aromatic N) is 2. The summed E-state index contributed by atoms with van der Waals surface area (Å²) < 4.78 is 68.8. The highest BCUT2D eigenvalue weighted by Gasteiger charge is 2.32. The molecule has 1 saturated carbocycles. The monoisotopic (exact) mass is 565 g/mol. The van der Waals surface area contributed by atoms with Gasteiger partial charge in [-0.2, -0.15) is 18.2 Å². The van der Waals surface area contributed by atoms with Crippen molar-refractivity contribution in [2.24, 2.45) is 10.9 Å². The van der Waals surface area contributed by atoms with Gasteiger partial charge in [0.2, 0.25) is 5.88 Å². The molecule has 0 saturated heterocycles. The normalized spacial score (nSPS) is 15.1. The minimum absolute atomic E-state index is 0.0254. The third kappa shape index (κ3) is 7.50. The molecule has 1 atom stereocenters. The number of carbonyl (C=O) groups is 1. The lowest BCUT2D eigenvalue weighted by molar-refractivity contribution is -0.137. The Morgan fingerprint density at radius 3 is 2.44 bits per heavy atom. The summed E-state index contributed by atoms with van der Waals surface area (Å²) in [6, 6.07) is 12.0. The number of halogens is 4. The van der Waals surface area contributed by atoms with E-state index in [1.54, 1.807) is 6.92 Å². The number of amidine groups is 1. The van der Waals surface area contributed by atoms with Crippen LogP contribution in [0.2, 0.25) is 0 Å². The third-order valence-corrected chi connectivity index (χ3v) is 6.43. The number of ketones is 1. The van der Waals surface area contributed by atoms with Crippen molar-refractivity contribution in [2.45, 2.75) is 38.3 Å². The van der Waals surface area contributed by atoms with Gasteiger partial charge in [-0.05, 0) is 67.1 Å². The fourth-order valence-corrected chi connectivity index (χ4v) is 4.35. The molecule has 1 aromatic heterocycles. The van der Waals surface area contributed by atoms with Gasteiger partial charge in [0.15, 0.2) is 11.6 Å². The van der Waals surface area contributed by atoms with Gasteiger partial charge < -0.3 is 9.84 Å². The van der Waals surface area contributed by atoms with E-state index in [-0.39, 0.29) is 29.6 Å². The number of carbonyl (C=O) groups excluding carboxylic acids is 1. The van der Waals surface area contributed by atoms with Crippen molar-refractivity contribution in [3.05, 3.63) is 83.2 Å². The Bertz CT molecular complexity index is 1440. The molecule has 1 aliphatic carbocycles. The SMILES string of the molecule is CCC(C(=O)c1ccc(C(F)(F)F)cc1)C(=Nc1cccc(OP(=O)(O)O)n1)Nc1ccc(F)cc1C1CC1. The number of anilines is 1. The standard InChI is InChI=1S/C26H24F4N3O5P/c1-2-19(24(34)16-8-10-17(11-9-16)26(28,29)30)25(31-21-13-12-18(27)14-20(21)15-6-7-15)33-22-4-3-5-23(32-22)38-39(35,36)37/h3-5,8-15,19H,2,6-7H2,1H3,(H,31,32,33)(H2,35,36,37). The quantitative estimate of drug-likeness (QED) is 0.0875. The number of benzene rings is 2.